The fourth-order valence-electron chi connectivity index (χ4n) is 2.01. The van der Waals surface area contributed by atoms with Gasteiger partial charge in [0.15, 0.2) is 0 Å². The van der Waals surface area contributed by atoms with Gasteiger partial charge in [0.05, 0.1) is 5.25 Å². The molecule has 0 amide bonds. The number of thiophene rings is 1. The molecular formula is C15H19NS2. The second kappa shape index (κ2) is 5.91. The Balaban J connectivity index is 2.23. The molecule has 0 radical (unpaired) electrons. The van der Waals surface area contributed by atoms with Crippen LogP contribution in [0.5, 0.6) is 0 Å². The average Bonchev–Trinajstić information content (AvgIpc) is 2.75. The Kier molecular flexibility index (Phi) is 4.49. The Bertz CT molecular complexity index is 531. The van der Waals surface area contributed by atoms with Crippen molar-refractivity contribution in [1.29, 1.82) is 0 Å². The predicted octanol–water partition coefficient (Wildman–Crippen LogP) is 4.47. The van der Waals surface area contributed by atoms with Gasteiger partial charge in [0.2, 0.25) is 0 Å². The zero-order valence-electron chi connectivity index (χ0n) is 11.1. The van der Waals surface area contributed by atoms with Crippen LogP contribution in [0.1, 0.15) is 26.8 Å². The molecule has 1 nitrogen and oxygen atoms in total. The van der Waals surface area contributed by atoms with Crippen molar-refractivity contribution >= 4 is 23.1 Å². The molecule has 1 aromatic heterocycles. The fourth-order valence-corrected chi connectivity index (χ4v) is 4.33. The van der Waals surface area contributed by atoms with E-state index in [0.29, 0.717) is 11.8 Å². The van der Waals surface area contributed by atoms with E-state index in [1.807, 2.05) is 23.1 Å². The van der Waals surface area contributed by atoms with E-state index in [1.165, 1.54) is 26.5 Å². The summed E-state index contributed by atoms with van der Waals surface area (Å²) in [5.74, 6) is 0. The Morgan fingerprint density at radius 3 is 2.50 bits per heavy atom. The minimum atomic E-state index is 0.367. The summed E-state index contributed by atoms with van der Waals surface area (Å²) in [7, 11) is 0. The van der Waals surface area contributed by atoms with E-state index in [4.69, 9.17) is 5.73 Å². The van der Waals surface area contributed by atoms with Crippen molar-refractivity contribution < 1.29 is 0 Å². The third kappa shape index (κ3) is 2.97. The van der Waals surface area contributed by atoms with Crippen molar-refractivity contribution in [2.45, 2.75) is 30.9 Å². The summed E-state index contributed by atoms with van der Waals surface area (Å²) in [6.07, 6.45) is 0. The predicted molar refractivity (Wildman–Crippen MR) is 82.6 cm³/mol. The zero-order valence-corrected chi connectivity index (χ0v) is 12.7. The van der Waals surface area contributed by atoms with Crippen LogP contribution < -0.4 is 5.73 Å². The van der Waals surface area contributed by atoms with E-state index in [1.54, 1.807) is 0 Å². The molecule has 1 atom stereocenters. The number of aryl methyl sites for hydroxylation is 3. The lowest BCUT2D eigenvalue weighted by Gasteiger charge is -2.16. The number of nitrogens with two attached hydrogens (primary N) is 1. The minimum Gasteiger partial charge on any atom is -0.329 e. The summed E-state index contributed by atoms with van der Waals surface area (Å²) >= 11 is 3.69. The lowest BCUT2D eigenvalue weighted by atomic mass is 10.2. The van der Waals surface area contributed by atoms with Crippen LogP contribution in [0, 0.1) is 20.8 Å². The van der Waals surface area contributed by atoms with Gasteiger partial charge in [0.25, 0.3) is 0 Å². The molecule has 2 aromatic rings. The smallest absolute Gasteiger partial charge is 0.0563 e. The molecule has 3 heteroatoms. The average molecular weight is 277 g/mol. The van der Waals surface area contributed by atoms with Gasteiger partial charge in [-0.2, -0.15) is 0 Å². The molecule has 1 aromatic carbocycles. The SMILES string of the molecule is Cc1ccc(SC(CN)c2sccc2C)c(C)c1. The van der Waals surface area contributed by atoms with Gasteiger partial charge in [-0.1, -0.05) is 17.7 Å². The highest BCUT2D eigenvalue weighted by Crippen LogP contribution is 2.39. The molecule has 0 saturated heterocycles. The van der Waals surface area contributed by atoms with E-state index in [2.05, 4.69) is 50.4 Å². The normalized spacial score (nSPS) is 12.7. The summed E-state index contributed by atoms with van der Waals surface area (Å²) in [6, 6.07) is 8.79. The monoisotopic (exact) mass is 277 g/mol. The molecule has 0 fully saturated rings. The van der Waals surface area contributed by atoms with E-state index in [0.717, 1.165) is 0 Å². The Hall–Kier alpha value is -0.770. The molecule has 0 aliphatic rings. The first-order valence-corrected chi connectivity index (χ1v) is 7.85. The summed E-state index contributed by atoms with van der Waals surface area (Å²) in [5.41, 5.74) is 9.95. The third-order valence-electron chi connectivity index (χ3n) is 3.01. The molecule has 2 rings (SSSR count). The van der Waals surface area contributed by atoms with Gasteiger partial charge in [-0.05, 0) is 49.4 Å². The molecule has 0 aliphatic heterocycles. The van der Waals surface area contributed by atoms with E-state index in [-0.39, 0.29) is 0 Å². The second-order valence-corrected chi connectivity index (χ2v) is 6.77. The lowest BCUT2D eigenvalue weighted by molar-refractivity contribution is 0.951. The number of benzene rings is 1. The van der Waals surface area contributed by atoms with E-state index < -0.39 is 0 Å². The first kappa shape index (κ1) is 13.7. The van der Waals surface area contributed by atoms with Crippen LogP contribution in [0.3, 0.4) is 0 Å². The van der Waals surface area contributed by atoms with Crippen molar-refractivity contribution in [3.05, 3.63) is 51.2 Å². The summed E-state index contributed by atoms with van der Waals surface area (Å²) < 4.78 is 0. The molecule has 96 valence electrons. The van der Waals surface area contributed by atoms with E-state index in [9.17, 15) is 0 Å². The van der Waals surface area contributed by atoms with Gasteiger partial charge < -0.3 is 5.73 Å². The van der Waals surface area contributed by atoms with Gasteiger partial charge >= 0.3 is 0 Å². The Morgan fingerprint density at radius 2 is 1.94 bits per heavy atom. The van der Waals surface area contributed by atoms with Crippen LogP contribution in [0.4, 0.5) is 0 Å². The van der Waals surface area contributed by atoms with Crippen molar-refractivity contribution in [1.82, 2.24) is 0 Å². The highest BCUT2D eigenvalue weighted by molar-refractivity contribution is 7.99. The van der Waals surface area contributed by atoms with Crippen molar-refractivity contribution in [2.75, 3.05) is 6.54 Å². The molecule has 18 heavy (non-hydrogen) atoms. The highest BCUT2D eigenvalue weighted by Gasteiger charge is 2.16. The third-order valence-corrected chi connectivity index (χ3v) is 5.71. The van der Waals surface area contributed by atoms with Crippen LogP contribution in [-0.2, 0) is 0 Å². The molecule has 2 N–H and O–H groups in total. The standard InChI is InChI=1S/C15H19NS2/c1-10-4-5-13(12(3)8-10)18-14(9-16)15-11(2)6-7-17-15/h4-8,14H,9,16H2,1-3H3. The maximum absolute atomic E-state index is 5.95. The Morgan fingerprint density at radius 1 is 1.17 bits per heavy atom. The van der Waals surface area contributed by atoms with Crippen LogP contribution in [0.2, 0.25) is 0 Å². The van der Waals surface area contributed by atoms with Crippen LogP contribution >= 0.6 is 23.1 Å². The number of hydrogen-bond acceptors (Lipinski definition) is 3. The van der Waals surface area contributed by atoms with Crippen molar-refractivity contribution in [3.63, 3.8) is 0 Å². The molecular weight excluding hydrogens is 258 g/mol. The number of rotatable bonds is 4. The van der Waals surface area contributed by atoms with Crippen LogP contribution in [0.15, 0.2) is 34.5 Å². The lowest BCUT2D eigenvalue weighted by Crippen LogP contribution is -2.09. The molecule has 1 unspecified atom stereocenters. The molecule has 0 saturated carbocycles. The van der Waals surface area contributed by atoms with Crippen molar-refractivity contribution in [3.8, 4) is 0 Å². The van der Waals surface area contributed by atoms with Crippen LogP contribution in [-0.4, -0.2) is 6.54 Å². The topological polar surface area (TPSA) is 26.0 Å². The number of thioether (sulfide) groups is 1. The van der Waals surface area contributed by atoms with Gasteiger partial charge in [0.1, 0.15) is 0 Å². The van der Waals surface area contributed by atoms with Crippen LogP contribution in [0.25, 0.3) is 0 Å². The van der Waals surface area contributed by atoms with Gasteiger partial charge in [-0.25, -0.2) is 0 Å². The zero-order chi connectivity index (χ0) is 13.1. The summed E-state index contributed by atoms with van der Waals surface area (Å²) in [5, 5.41) is 2.52. The maximum Gasteiger partial charge on any atom is 0.0563 e. The largest absolute Gasteiger partial charge is 0.329 e. The molecule has 1 heterocycles. The first-order valence-electron chi connectivity index (χ1n) is 6.09. The van der Waals surface area contributed by atoms with Gasteiger partial charge in [-0.15, -0.1) is 23.1 Å². The Labute approximate surface area is 117 Å². The summed E-state index contributed by atoms with van der Waals surface area (Å²) in [4.78, 5) is 2.74. The number of hydrogen-bond donors (Lipinski definition) is 1. The van der Waals surface area contributed by atoms with Gasteiger partial charge in [0, 0.05) is 16.3 Å². The summed E-state index contributed by atoms with van der Waals surface area (Å²) in [6.45, 7) is 7.14. The van der Waals surface area contributed by atoms with E-state index >= 15 is 0 Å². The second-order valence-electron chi connectivity index (χ2n) is 4.58. The maximum atomic E-state index is 5.95. The fraction of sp³-hybridized carbons (Fsp3) is 0.333. The molecule has 0 spiro atoms. The quantitative estimate of drug-likeness (QED) is 0.835. The minimum absolute atomic E-state index is 0.367. The van der Waals surface area contributed by atoms with Crippen molar-refractivity contribution in [2.24, 2.45) is 5.73 Å². The molecule has 0 bridgehead atoms. The first-order chi connectivity index (χ1) is 8.61. The van der Waals surface area contributed by atoms with Gasteiger partial charge in [-0.3, -0.25) is 0 Å². The highest BCUT2D eigenvalue weighted by atomic mass is 32.2. The molecule has 0 aliphatic carbocycles.